The van der Waals surface area contributed by atoms with Gasteiger partial charge in [0.15, 0.2) is 0 Å². The van der Waals surface area contributed by atoms with Crippen LogP contribution in [-0.4, -0.2) is 11.0 Å². The van der Waals surface area contributed by atoms with Crippen LogP contribution in [0, 0.1) is 0 Å². The van der Waals surface area contributed by atoms with E-state index in [1.807, 2.05) is 0 Å². The minimum Gasteiger partial charge on any atom is -0.508 e. The molecule has 2 rings (SSSR count). The molecule has 128 valence electrons. The predicted molar refractivity (Wildman–Crippen MR) is 84.1 cm³/mol. The zero-order valence-electron chi connectivity index (χ0n) is 12.7. The molecule has 2 aromatic carbocycles. The highest BCUT2D eigenvalue weighted by Gasteiger charge is 2.34. The van der Waals surface area contributed by atoms with E-state index in [1.54, 1.807) is 0 Å². The lowest BCUT2D eigenvalue weighted by Gasteiger charge is -2.24. The van der Waals surface area contributed by atoms with E-state index >= 15 is 0 Å². The SMILES string of the molecule is CC(N)(C(=O)Nc1ccc(N)c(C(F)(F)F)c1)c1ccc(O)cc1. The Hall–Kier alpha value is -2.74. The summed E-state index contributed by atoms with van der Waals surface area (Å²) in [5.41, 5.74) is 8.65. The summed E-state index contributed by atoms with van der Waals surface area (Å²) in [6, 6.07) is 8.71. The lowest BCUT2D eigenvalue weighted by molar-refractivity contribution is -0.137. The van der Waals surface area contributed by atoms with Crippen molar-refractivity contribution in [3.8, 4) is 5.75 Å². The average molecular weight is 339 g/mol. The minimum atomic E-state index is -4.63. The Kier molecular flexibility index (Phi) is 4.44. The molecule has 24 heavy (non-hydrogen) atoms. The Morgan fingerprint density at radius 1 is 1.12 bits per heavy atom. The van der Waals surface area contributed by atoms with E-state index in [9.17, 15) is 23.1 Å². The summed E-state index contributed by atoms with van der Waals surface area (Å²) in [6.07, 6.45) is -4.63. The van der Waals surface area contributed by atoms with Crippen molar-refractivity contribution in [3.63, 3.8) is 0 Å². The number of benzene rings is 2. The predicted octanol–water partition coefficient (Wildman–Crippen LogP) is 2.81. The van der Waals surface area contributed by atoms with Crippen LogP contribution in [-0.2, 0) is 16.5 Å². The third-order valence-corrected chi connectivity index (χ3v) is 3.56. The molecule has 1 unspecified atom stereocenters. The van der Waals surface area contributed by atoms with Gasteiger partial charge in [0, 0.05) is 11.4 Å². The molecule has 0 fully saturated rings. The number of nitrogens with two attached hydrogens (primary N) is 2. The van der Waals surface area contributed by atoms with Gasteiger partial charge in [-0.1, -0.05) is 12.1 Å². The molecule has 0 bridgehead atoms. The second kappa shape index (κ2) is 6.04. The first-order valence-corrected chi connectivity index (χ1v) is 6.88. The molecule has 0 aliphatic carbocycles. The van der Waals surface area contributed by atoms with Crippen molar-refractivity contribution in [2.75, 3.05) is 11.1 Å². The number of phenols is 1. The first-order valence-electron chi connectivity index (χ1n) is 6.88. The summed E-state index contributed by atoms with van der Waals surface area (Å²) >= 11 is 0. The highest BCUT2D eigenvalue weighted by atomic mass is 19.4. The number of hydrogen-bond acceptors (Lipinski definition) is 4. The maximum absolute atomic E-state index is 12.9. The molecule has 0 saturated carbocycles. The van der Waals surface area contributed by atoms with Crippen molar-refractivity contribution < 1.29 is 23.1 Å². The molecule has 0 radical (unpaired) electrons. The summed E-state index contributed by atoms with van der Waals surface area (Å²) < 4.78 is 38.6. The Labute approximate surface area is 136 Å². The fourth-order valence-electron chi connectivity index (χ4n) is 2.08. The van der Waals surface area contributed by atoms with E-state index < -0.39 is 28.9 Å². The largest absolute Gasteiger partial charge is 0.508 e. The number of nitrogens with one attached hydrogen (secondary N) is 1. The lowest BCUT2D eigenvalue weighted by Crippen LogP contribution is -2.45. The number of nitrogen functional groups attached to an aromatic ring is 1. The smallest absolute Gasteiger partial charge is 0.418 e. The highest BCUT2D eigenvalue weighted by molar-refractivity contribution is 5.98. The van der Waals surface area contributed by atoms with Crippen LogP contribution < -0.4 is 16.8 Å². The molecule has 8 heteroatoms. The summed E-state index contributed by atoms with van der Waals surface area (Å²) in [5.74, 6) is -0.700. The van der Waals surface area contributed by atoms with Gasteiger partial charge in [-0.2, -0.15) is 13.2 Å². The molecule has 2 aromatic rings. The van der Waals surface area contributed by atoms with Crippen molar-refractivity contribution >= 4 is 17.3 Å². The number of hydrogen-bond donors (Lipinski definition) is 4. The molecule has 1 atom stereocenters. The van der Waals surface area contributed by atoms with E-state index in [0.717, 1.165) is 12.1 Å². The Balaban J connectivity index is 2.27. The van der Waals surface area contributed by atoms with Gasteiger partial charge in [-0.3, -0.25) is 4.79 Å². The molecule has 5 nitrogen and oxygen atoms in total. The maximum Gasteiger partial charge on any atom is 0.418 e. The Morgan fingerprint density at radius 2 is 1.71 bits per heavy atom. The van der Waals surface area contributed by atoms with Crippen LogP contribution in [0.25, 0.3) is 0 Å². The zero-order valence-corrected chi connectivity index (χ0v) is 12.7. The number of anilines is 2. The van der Waals surface area contributed by atoms with Crippen LogP contribution in [0.4, 0.5) is 24.5 Å². The van der Waals surface area contributed by atoms with Crippen LogP contribution in [0.2, 0.25) is 0 Å². The van der Waals surface area contributed by atoms with E-state index in [4.69, 9.17) is 11.5 Å². The van der Waals surface area contributed by atoms with Crippen molar-refractivity contribution in [1.82, 2.24) is 0 Å². The number of halogens is 3. The van der Waals surface area contributed by atoms with Gasteiger partial charge < -0.3 is 21.9 Å². The Morgan fingerprint density at radius 3 is 2.25 bits per heavy atom. The number of carbonyl (C=O) groups is 1. The van der Waals surface area contributed by atoms with E-state index in [2.05, 4.69) is 5.32 Å². The van der Waals surface area contributed by atoms with Gasteiger partial charge in [0.25, 0.3) is 0 Å². The number of phenolic OH excluding ortho intramolecular Hbond substituents is 1. The number of amides is 1. The molecular weight excluding hydrogens is 323 g/mol. The van der Waals surface area contributed by atoms with Gasteiger partial charge in [-0.15, -0.1) is 0 Å². The maximum atomic E-state index is 12.9. The number of aromatic hydroxyl groups is 1. The standard InChI is InChI=1S/C16H16F3N3O2/c1-15(21,9-2-5-11(23)6-3-9)14(24)22-10-4-7-13(20)12(8-10)16(17,18)19/h2-8,23H,20-21H2,1H3,(H,22,24). The number of alkyl halides is 3. The van der Waals surface area contributed by atoms with Gasteiger partial charge in [0.05, 0.1) is 5.56 Å². The normalized spacial score (nSPS) is 14.0. The summed E-state index contributed by atoms with van der Waals surface area (Å²) in [7, 11) is 0. The molecule has 0 aliphatic heterocycles. The summed E-state index contributed by atoms with van der Waals surface area (Å²) in [6.45, 7) is 1.41. The van der Waals surface area contributed by atoms with Crippen molar-refractivity contribution in [2.45, 2.75) is 18.6 Å². The minimum absolute atomic E-state index is 0.00307. The van der Waals surface area contributed by atoms with Gasteiger partial charge in [0.1, 0.15) is 11.3 Å². The third kappa shape index (κ3) is 3.60. The van der Waals surface area contributed by atoms with Crippen LogP contribution in [0.15, 0.2) is 42.5 Å². The summed E-state index contributed by atoms with van der Waals surface area (Å²) in [5, 5.41) is 11.6. The topological polar surface area (TPSA) is 101 Å². The number of carbonyl (C=O) groups excluding carboxylic acids is 1. The molecule has 0 spiro atoms. The summed E-state index contributed by atoms with van der Waals surface area (Å²) in [4.78, 5) is 12.4. The van der Waals surface area contributed by atoms with Gasteiger partial charge in [0.2, 0.25) is 5.91 Å². The molecule has 0 aromatic heterocycles. The van der Waals surface area contributed by atoms with Gasteiger partial charge in [-0.25, -0.2) is 0 Å². The highest BCUT2D eigenvalue weighted by Crippen LogP contribution is 2.35. The lowest BCUT2D eigenvalue weighted by atomic mass is 9.92. The number of rotatable bonds is 3. The van der Waals surface area contributed by atoms with Crippen LogP contribution in [0.5, 0.6) is 5.75 Å². The molecule has 6 N–H and O–H groups in total. The Bertz CT molecular complexity index is 756. The van der Waals surface area contributed by atoms with E-state index in [0.29, 0.717) is 5.56 Å². The molecule has 1 amide bonds. The van der Waals surface area contributed by atoms with Crippen molar-refractivity contribution in [3.05, 3.63) is 53.6 Å². The second-order valence-electron chi connectivity index (χ2n) is 5.50. The fourth-order valence-corrected chi connectivity index (χ4v) is 2.08. The van der Waals surface area contributed by atoms with Crippen molar-refractivity contribution in [2.24, 2.45) is 5.73 Å². The third-order valence-electron chi connectivity index (χ3n) is 3.56. The monoisotopic (exact) mass is 339 g/mol. The second-order valence-corrected chi connectivity index (χ2v) is 5.50. The quantitative estimate of drug-likeness (QED) is 0.646. The molecule has 0 heterocycles. The van der Waals surface area contributed by atoms with Crippen molar-refractivity contribution in [1.29, 1.82) is 0 Å². The average Bonchev–Trinajstić information content (AvgIpc) is 2.48. The van der Waals surface area contributed by atoms with Crippen LogP contribution in [0.1, 0.15) is 18.1 Å². The zero-order chi connectivity index (χ0) is 18.1. The van der Waals surface area contributed by atoms with Gasteiger partial charge >= 0.3 is 6.18 Å². The van der Waals surface area contributed by atoms with E-state index in [-0.39, 0.29) is 11.4 Å². The van der Waals surface area contributed by atoms with Gasteiger partial charge in [-0.05, 0) is 42.8 Å². The molecular formula is C16H16F3N3O2. The van der Waals surface area contributed by atoms with E-state index in [1.165, 1.54) is 37.3 Å². The fraction of sp³-hybridized carbons (Fsp3) is 0.188. The first-order chi connectivity index (χ1) is 11.0. The van der Waals surface area contributed by atoms with Crippen LogP contribution >= 0.6 is 0 Å². The molecule has 0 aliphatic rings. The van der Waals surface area contributed by atoms with Crippen LogP contribution in [0.3, 0.4) is 0 Å². The first kappa shape index (κ1) is 17.6. The molecule has 0 saturated heterocycles.